The maximum Gasteiger partial charge on any atom is 0.271 e. The van der Waals surface area contributed by atoms with Crippen LogP contribution in [-0.4, -0.2) is 23.0 Å². The molecule has 0 unspecified atom stereocenters. The van der Waals surface area contributed by atoms with Gasteiger partial charge in [-0.3, -0.25) is 19.7 Å². The highest BCUT2D eigenvalue weighted by Crippen LogP contribution is 2.13. The molecule has 8 heteroatoms. The van der Waals surface area contributed by atoms with E-state index in [1.807, 2.05) is 19.1 Å². The van der Waals surface area contributed by atoms with Gasteiger partial charge in [-0.1, -0.05) is 29.8 Å². The Morgan fingerprint density at radius 3 is 2.23 bits per heavy atom. The van der Waals surface area contributed by atoms with E-state index in [-0.39, 0.29) is 11.6 Å². The fraction of sp³-hybridized carbons (Fsp3) is 0.0455. The van der Waals surface area contributed by atoms with Crippen LogP contribution in [0.25, 0.3) is 0 Å². The van der Waals surface area contributed by atoms with Crippen molar-refractivity contribution < 1.29 is 14.5 Å². The van der Waals surface area contributed by atoms with Crippen molar-refractivity contribution in [2.45, 2.75) is 6.92 Å². The van der Waals surface area contributed by atoms with Gasteiger partial charge in [0.05, 0.1) is 11.1 Å². The Balaban J connectivity index is 1.58. The number of carbonyl (C=O) groups excluding carboxylic acids is 2. The van der Waals surface area contributed by atoms with Crippen molar-refractivity contribution in [1.82, 2.24) is 5.43 Å². The van der Waals surface area contributed by atoms with E-state index in [1.165, 1.54) is 24.4 Å². The fourth-order valence-electron chi connectivity index (χ4n) is 2.56. The number of non-ortho nitro benzene ring substituents is 1. The molecule has 0 spiro atoms. The van der Waals surface area contributed by atoms with Crippen molar-refractivity contribution in [2.24, 2.45) is 5.10 Å². The number of carbonyl (C=O) groups is 2. The average molecular weight is 402 g/mol. The molecule has 0 aliphatic heterocycles. The van der Waals surface area contributed by atoms with Crippen LogP contribution >= 0.6 is 0 Å². The number of nitro groups is 1. The molecule has 2 N–H and O–H groups in total. The molecule has 0 saturated carbocycles. The summed E-state index contributed by atoms with van der Waals surface area (Å²) in [6.45, 7) is 1.94. The minimum Gasteiger partial charge on any atom is -0.322 e. The predicted octanol–water partition coefficient (Wildman–Crippen LogP) is 3.92. The van der Waals surface area contributed by atoms with E-state index in [2.05, 4.69) is 15.8 Å². The molecule has 3 aromatic carbocycles. The van der Waals surface area contributed by atoms with Gasteiger partial charge in [-0.25, -0.2) is 5.43 Å². The van der Waals surface area contributed by atoms with Crippen LogP contribution in [-0.2, 0) is 0 Å². The summed E-state index contributed by atoms with van der Waals surface area (Å²) in [7, 11) is 0. The lowest BCUT2D eigenvalue weighted by Crippen LogP contribution is -2.17. The van der Waals surface area contributed by atoms with E-state index in [0.29, 0.717) is 22.4 Å². The number of nitrogens with zero attached hydrogens (tertiary/aromatic N) is 2. The van der Waals surface area contributed by atoms with Gasteiger partial charge in [0.25, 0.3) is 17.5 Å². The lowest BCUT2D eigenvalue weighted by molar-refractivity contribution is -0.384. The molecule has 30 heavy (non-hydrogen) atoms. The van der Waals surface area contributed by atoms with Gasteiger partial charge in [-0.05, 0) is 43.3 Å². The number of amides is 2. The minimum absolute atomic E-state index is 0.0615. The topological polar surface area (TPSA) is 114 Å². The van der Waals surface area contributed by atoms with Crippen LogP contribution in [0, 0.1) is 17.0 Å². The van der Waals surface area contributed by atoms with Crippen molar-refractivity contribution in [3.63, 3.8) is 0 Å². The summed E-state index contributed by atoms with van der Waals surface area (Å²) in [6, 6.07) is 19.4. The number of hydrogen-bond acceptors (Lipinski definition) is 5. The predicted molar refractivity (Wildman–Crippen MR) is 114 cm³/mol. The van der Waals surface area contributed by atoms with Gasteiger partial charge in [0.2, 0.25) is 0 Å². The summed E-state index contributed by atoms with van der Waals surface area (Å²) in [5.41, 5.74) is 5.29. The third-order valence-electron chi connectivity index (χ3n) is 4.18. The smallest absolute Gasteiger partial charge is 0.271 e. The second-order valence-electron chi connectivity index (χ2n) is 6.45. The van der Waals surface area contributed by atoms with Crippen LogP contribution in [0.1, 0.15) is 31.8 Å². The first-order valence-electron chi connectivity index (χ1n) is 8.98. The van der Waals surface area contributed by atoms with Crippen LogP contribution < -0.4 is 10.7 Å². The van der Waals surface area contributed by atoms with Crippen molar-refractivity contribution in [3.8, 4) is 0 Å². The highest BCUT2D eigenvalue weighted by atomic mass is 16.6. The largest absolute Gasteiger partial charge is 0.322 e. The van der Waals surface area contributed by atoms with Crippen molar-refractivity contribution >= 4 is 29.4 Å². The normalized spacial score (nSPS) is 10.6. The van der Waals surface area contributed by atoms with E-state index < -0.39 is 10.8 Å². The number of anilines is 1. The maximum absolute atomic E-state index is 12.2. The van der Waals surface area contributed by atoms with Gasteiger partial charge in [-0.2, -0.15) is 5.10 Å². The van der Waals surface area contributed by atoms with E-state index in [4.69, 9.17) is 0 Å². The third-order valence-corrected chi connectivity index (χ3v) is 4.18. The second-order valence-corrected chi connectivity index (χ2v) is 6.45. The molecule has 3 aromatic rings. The van der Waals surface area contributed by atoms with Crippen molar-refractivity contribution in [1.29, 1.82) is 0 Å². The van der Waals surface area contributed by atoms with Gasteiger partial charge < -0.3 is 5.32 Å². The molecular weight excluding hydrogens is 384 g/mol. The van der Waals surface area contributed by atoms with Gasteiger partial charge in [0, 0.05) is 34.5 Å². The standard InChI is InChI=1S/C22H18N4O4/c1-15-5-7-17(8-6-15)21(27)24-19-11-9-18(10-12-19)22(28)25-23-14-16-3-2-4-20(13-16)26(29)30/h2-14H,1H3,(H,24,27)(H,25,28)/b23-14-. The number of nitro benzene ring substituents is 1. The Bertz CT molecular complexity index is 1110. The summed E-state index contributed by atoms with van der Waals surface area (Å²) in [4.78, 5) is 34.7. The van der Waals surface area contributed by atoms with Gasteiger partial charge in [0.1, 0.15) is 0 Å². The molecule has 0 saturated heterocycles. The SMILES string of the molecule is Cc1ccc(C(=O)Nc2ccc(C(=O)N/N=C\c3cccc([N+](=O)[O-])c3)cc2)cc1. The Hall–Kier alpha value is -4.33. The molecule has 2 amide bonds. The third kappa shape index (κ3) is 5.35. The maximum atomic E-state index is 12.2. The first-order chi connectivity index (χ1) is 14.4. The van der Waals surface area contributed by atoms with E-state index in [9.17, 15) is 19.7 Å². The molecule has 0 aliphatic rings. The summed E-state index contributed by atoms with van der Waals surface area (Å²) < 4.78 is 0. The molecule has 150 valence electrons. The Kier molecular flexibility index (Phi) is 6.29. The van der Waals surface area contributed by atoms with Crippen LogP contribution in [0.15, 0.2) is 77.9 Å². The molecule has 0 radical (unpaired) electrons. The summed E-state index contributed by atoms with van der Waals surface area (Å²) in [6.07, 6.45) is 1.32. The first kappa shape index (κ1) is 20.4. The molecule has 0 aromatic heterocycles. The van der Waals surface area contributed by atoms with Crippen LogP contribution in [0.4, 0.5) is 11.4 Å². The molecule has 8 nitrogen and oxygen atoms in total. The number of benzene rings is 3. The number of aryl methyl sites for hydroxylation is 1. The molecular formula is C22H18N4O4. The molecule has 0 atom stereocenters. The molecule has 3 rings (SSSR count). The minimum atomic E-state index is -0.505. The van der Waals surface area contributed by atoms with E-state index in [0.717, 1.165) is 5.56 Å². The van der Waals surface area contributed by atoms with Crippen molar-refractivity contribution in [3.05, 3.63) is 105 Å². The lowest BCUT2D eigenvalue weighted by atomic mass is 10.1. The zero-order chi connectivity index (χ0) is 21.5. The monoisotopic (exact) mass is 402 g/mol. The van der Waals surface area contributed by atoms with E-state index in [1.54, 1.807) is 42.5 Å². The molecule has 0 heterocycles. The van der Waals surface area contributed by atoms with Crippen LogP contribution in [0.3, 0.4) is 0 Å². The highest BCUT2D eigenvalue weighted by molar-refractivity contribution is 6.04. The first-order valence-corrected chi connectivity index (χ1v) is 8.98. The van der Waals surface area contributed by atoms with Gasteiger partial charge in [-0.15, -0.1) is 0 Å². The summed E-state index contributed by atoms with van der Waals surface area (Å²) in [5.74, 6) is -0.693. The van der Waals surface area contributed by atoms with Crippen molar-refractivity contribution in [2.75, 3.05) is 5.32 Å². The van der Waals surface area contributed by atoms with Crippen LogP contribution in [0.2, 0.25) is 0 Å². The Morgan fingerprint density at radius 2 is 1.57 bits per heavy atom. The summed E-state index contributed by atoms with van der Waals surface area (Å²) >= 11 is 0. The van der Waals surface area contributed by atoms with Crippen LogP contribution in [0.5, 0.6) is 0 Å². The zero-order valence-electron chi connectivity index (χ0n) is 16.0. The second kappa shape index (κ2) is 9.24. The van der Waals surface area contributed by atoms with Gasteiger partial charge in [0.15, 0.2) is 0 Å². The molecule has 0 bridgehead atoms. The quantitative estimate of drug-likeness (QED) is 0.369. The average Bonchev–Trinajstić information content (AvgIpc) is 2.75. The van der Waals surface area contributed by atoms with Gasteiger partial charge >= 0.3 is 0 Å². The van der Waals surface area contributed by atoms with E-state index >= 15 is 0 Å². The Morgan fingerprint density at radius 1 is 0.933 bits per heavy atom. The lowest BCUT2D eigenvalue weighted by Gasteiger charge is -2.06. The number of rotatable bonds is 6. The fourth-order valence-corrected chi connectivity index (χ4v) is 2.56. The number of hydrazone groups is 1. The highest BCUT2D eigenvalue weighted by Gasteiger charge is 2.08. The molecule has 0 fully saturated rings. The summed E-state index contributed by atoms with van der Waals surface area (Å²) in [5, 5.41) is 17.4. The number of nitrogens with one attached hydrogen (secondary N) is 2. The Labute approximate surface area is 172 Å². The molecule has 0 aliphatic carbocycles. The number of hydrogen-bond donors (Lipinski definition) is 2. The zero-order valence-corrected chi connectivity index (χ0v) is 16.0.